The molecule has 0 aliphatic carbocycles. The molecule has 0 saturated carbocycles. The molecule has 0 aliphatic heterocycles. The zero-order valence-electron chi connectivity index (χ0n) is 13.5. The van der Waals surface area contributed by atoms with Gasteiger partial charge >= 0.3 is 0 Å². The van der Waals surface area contributed by atoms with Crippen LogP contribution in [-0.2, 0) is 4.79 Å². The second-order valence-corrected chi connectivity index (χ2v) is 11.4. The highest BCUT2D eigenvalue weighted by Crippen LogP contribution is 2.38. The second-order valence-electron chi connectivity index (χ2n) is 6.71. The van der Waals surface area contributed by atoms with Crippen LogP contribution in [0, 0.1) is 0 Å². The average Bonchev–Trinajstić information content (AvgIpc) is 2.29. The largest absolute Gasteiger partial charge is 0.543 e. The van der Waals surface area contributed by atoms with E-state index in [-0.39, 0.29) is 10.8 Å². The van der Waals surface area contributed by atoms with Crippen molar-refractivity contribution >= 4 is 20.2 Å². The topological polar surface area (TPSA) is 26.3 Å². The first kappa shape index (κ1) is 16.7. The van der Waals surface area contributed by atoms with Crippen LogP contribution in [0.2, 0.25) is 18.1 Å². The summed E-state index contributed by atoms with van der Waals surface area (Å²) < 4.78 is 6.36. The Bertz CT molecular complexity index is 496. The van der Waals surface area contributed by atoms with Gasteiger partial charge in [0.25, 0.3) is 8.32 Å². The number of Topliss-reactive ketones (excluding diaryl/α,β-unsaturated/α-hetero) is 1. The number of rotatable bonds is 5. The maximum atomic E-state index is 11.0. The molecular weight excluding hydrogens is 264 g/mol. The Morgan fingerprint density at radius 2 is 1.85 bits per heavy atom. The van der Waals surface area contributed by atoms with E-state index < -0.39 is 8.32 Å². The van der Waals surface area contributed by atoms with Crippen molar-refractivity contribution in [3.8, 4) is 5.75 Å². The number of para-hydroxylation sites is 1. The van der Waals surface area contributed by atoms with Crippen LogP contribution in [0.15, 0.2) is 30.3 Å². The predicted molar refractivity (Wildman–Crippen MR) is 88.6 cm³/mol. The molecule has 1 aromatic rings. The first-order valence-corrected chi connectivity index (χ1v) is 9.98. The Kier molecular flexibility index (Phi) is 5.34. The van der Waals surface area contributed by atoms with Crippen molar-refractivity contribution in [1.82, 2.24) is 0 Å². The number of benzene rings is 1. The maximum absolute atomic E-state index is 11.0. The van der Waals surface area contributed by atoms with Gasteiger partial charge in [0.1, 0.15) is 11.5 Å². The lowest BCUT2D eigenvalue weighted by Crippen LogP contribution is -2.44. The summed E-state index contributed by atoms with van der Waals surface area (Å²) in [6, 6.07) is 8.02. The van der Waals surface area contributed by atoms with E-state index in [1.165, 1.54) is 0 Å². The molecule has 0 atom stereocenters. The van der Waals surface area contributed by atoms with E-state index in [9.17, 15) is 4.79 Å². The van der Waals surface area contributed by atoms with Crippen LogP contribution in [0.4, 0.5) is 0 Å². The van der Waals surface area contributed by atoms with E-state index >= 15 is 0 Å². The molecule has 2 nitrogen and oxygen atoms in total. The molecule has 0 aliphatic rings. The molecular formula is C17H26O2Si. The Morgan fingerprint density at radius 1 is 1.25 bits per heavy atom. The molecule has 110 valence electrons. The Morgan fingerprint density at radius 3 is 2.40 bits per heavy atom. The lowest BCUT2D eigenvalue weighted by molar-refractivity contribution is -0.116. The van der Waals surface area contributed by atoms with Gasteiger partial charge in [0.05, 0.1) is 0 Å². The summed E-state index contributed by atoms with van der Waals surface area (Å²) >= 11 is 0. The van der Waals surface area contributed by atoms with Gasteiger partial charge in [0.15, 0.2) is 0 Å². The number of carbonyl (C=O) groups excluding carboxylic acids is 1. The van der Waals surface area contributed by atoms with E-state index in [4.69, 9.17) is 4.43 Å². The Hall–Kier alpha value is -1.35. The van der Waals surface area contributed by atoms with Crippen LogP contribution in [0.1, 0.15) is 39.7 Å². The van der Waals surface area contributed by atoms with Crippen molar-refractivity contribution in [2.75, 3.05) is 0 Å². The van der Waals surface area contributed by atoms with Crippen LogP contribution >= 0.6 is 0 Å². The summed E-state index contributed by atoms with van der Waals surface area (Å²) in [6.07, 6.45) is 4.34. The molecule has 0 spiro atoms. The highest BCUT2D eigenvalue weighted by atomic mass is 28.4. The van der Waals surface area contributed by atoms with Gasteiger partial charge in [0.2, 0.25) is 0 Å². The molecule has 1 rings (SSSR count). The van der Waals surface area contributed by atoms with Crippen molar-refractivity contribution in [1.29, 1.82) is 0 Å². The predicted octanol–water partition coefficient (Wildman–Crippen LogP) is 5.06. The highest BCUT2D eigenvalue weighted by Gasteiger charge is 2.39. The lowest BCUT2D eigenvalue weighted by atomic mass is 10.1. The van der Waals surface area contributed by atoms with Gasteiger partial charge in [0, 0.05) is 12.0 Å². The second kappa shape index (κ2) is 6.40. The normalized spacial score (nSPS) is 12.7. The molecule has 0 fully saturated rings. The van der Waals surface area contributed by atoms with Crippen molar-refractivity contribution in [3.05, 3.63) is 35.9 Å². The third-order valence-corrected chi connectivity index (χ3v) is 8.14. The SMILES string of the molecule is CC(=O)C/C=C/c1ccccc1O[Si](C)(C)C(C)(C)C. The minimum Gasteiger partial charge on any atom is -0.543 e. The summed E-state index contributed by atoms with van der Waals surface area (Å²) in [5.41, 5.74) is 1.04. The summed E-state index contributed by atoms with van der Waals surface area (Å²) in [5, 5.41) is 0.170. The van der Waals surface area contributed by atoms with Crippen LogP contribution in [0.25, 0.3) is 6.08 Å². The first-order chi connectivity index (χ1) is 9.13. The van der Waals surface area contributed by atoms with E-state index in [0.717, 1.165) is 11.3 Å². The number of carbonyl (C=O) groups is 1. The zero-order valence-corrected chi connectivity index (χ0v) is 14.5. The standard InChI is InChI=1S/C17H26O2Si/c1-14(18)10-9-12-15-11-7-8-13-16(15)19-20(5,6)17(2,3)4/h7-9,11-13H,10H2,1-6H3/b12-9+. The quantitative estimate of drug-likeness (QED) is 0.708. The van der Waals surface area contributed by atoms with Crippen molar-refractivity contribution < 1.29 is 9.22 Å². The fraction of sp³-hybridized carbons (Fsp3) is 0.471. The number of hydrogen-bond donors (Lipinski definition) is 0. The monoisotopic (exact) mass is 290 g/mol. The summed E-state index contributed by atoms with van der Waals surface area (Å²) in [7, 11) is -1.84. The Balaban J connectivity index is 2.97. The van der Waals surface area contributed by atoms with E-state index in [1.807, 2.05) is 36.4 Å². The third-order valence-electron chi connectivity index (χ3n) is 3.79. The van der Waals surface area contributed by atoms with Gasteiger partial charge in [-0.05, 0) is 31.1 Å². The zero-order chi connectivity index (χ0) is 15.4. The van der Waals surface area contributed by atoms with Gasteiger partial charge in [-0.1, -0.05) is 51.1 Å². The van der Waals surface area contributed by atoms with Crippen LogP contribution < -0.4 is 4.43 Å². The van der Waals surface area contributed by atoms with Gasteiger partial charge < -0.3 is 4.43 Å². The number of hydrogen-bond acceptors (Lipinski definition) is 2. The van der Waals surface area contributed by atoms with Crippen molar-refractivity contribution in [2.24, 2.45) is 0 Å². The maximum Gasteiger partial charge on any atom is 0.250 e. The minimum atomic E-state index is -1.84. The molecule has 0 bridgehead atoms. The molecule has 1 aromatic carbocycles. The fourth-order valence-electron chi connectivity index (χ4n) is 1.49. The molecule has 3 heteroatoms. The van der Waals surface area contributed by atoms with E-state index in [1.54, 1.807) is 6.92 Å². The average molecular weight is 290 g/mol. The molecule has 0 amide bonds. The highest BCUT2D eigenvalue weighted by molar-refractivity contribution is 6.74. The molecule has 0 unspecified atom stereocenters. The summed E-state index contributed by atoms with van der Waals surface area (Å²) in [5.74, 6) is 1.09. The molecule has 0 N–H and O–H groups in total. The number of allylic oxidation sites excluding steroid dienone is 1. The van der Waals surface area contributed by atoms with Gasteiger partial charge in [-0.25, -0.2) is 0 Å². The summed E-state index contributed by atoms with van der Waals surface area (Å²) in [6.45, 7) is 12.8. The van der Waals surface area contributed by atoms with E-state index in [0.29, 0.717) is 6.42 Å². The molecule has 20 heavy (non-hydrogen) atoms. The third kappa shape index (κ3) is 4.64. The minimum absolute atomic E-state index is 0.170. The number of ketones is 1. The molecule has 0 radical (unpaired) electrons. The van der Waals surface area contributed by atoms with Crippen LogP contribution in [-0.4, -0.2) is 14.1 Å². The summed E-state index contributed by atoms with van der Waals surface area (Å²) in [4.78, 5) is 11.0. The van der Waals surface area contributed by atoms with Gasteiger partial charge in [-0.2, -0.15) is 0 Å². The van der Waals surface area contributed by atoms with Gasteiger partial charge in [-0.15, -0.1) is 0 Å². The smallest absolute Gasteiger partial charge is 0.250 e. The Labute approximate surface area is 124 Å². The molecule has 0 saturated heterocycles. The molecule has 0 heterocycles. The van der Waals surface area contributed by atoms with Crippen molar-refractivity contribution in [2.45, 2.75) is 52.2 Å². The fourth-order valence-corrected chi connectivity index (χ4v) is 2.53. The first-order valence-electron chi connectivity index (χ1n) is 7.07. The van der Waals surface area contributed by atoms with Gasteiger partial charge in [-0.3, -0.25) is 4.79 Å². The van der Waals surface area contributed by atoms with Crippen molar-refractivity contribution in [3.63, 3.8) is 0 Å². The lowest BCUT2D eigenvalue weighted by Gasteiger charge is -2.36. The van der Waals surface area contributed by atoms with Crippen LogP contribution in [0.3, 0.4) is 0 Å². The van der Waals surface area contributed by atoms with Crippen LogP contribution in [0.5, 0.6) is 5.75 Å². The molecule has 0 aromatic heterocycles. The van der Waals surface area contributed by atoms with E-state index in [2.05, 4.69) is 33.9 Å².